The number of fused-ring (bicyclic) bond motifs is 11. The summed E-state index contributed by atoms with van der Waals surface area (Å²) in [6, 6.07) is 45.6. The van der Waals surface area contributed by atoms with E-state index in [1.54, 1.807) is 23.5 Å². The second kappa shape index (κ2) is 10.6. The van der Waals surface area contributed by atoms with Gasteiger partial charge < -0.3 is 8.82 Å². The highest BCUT2D eigenvalue weighted by molar-refractivity contribution is 7.25. The highest BCUT2D eigenvalue weighted by Gasteiger charge is 2.18. The van der Waals surface area contributed by atoms with Crippen LogP contribution in [0.2, 0.25) is 0 Å². The second-order valence-electron chi connectivity index (χ2n) is 13.7. The molecule has 53 heavy (non-hydrogen) atoms. The predicted octanol–water partition coefficient (Wildman–Crippen LogP) is 13.5. The van der Waals surface area contributed by atoms with E-state index in [4.69, 9.17) is 8.53 Å². The van der Waals surface area contributed by atoms with Crippen molar-refractivity contribution in [3.63, 3.8) is 0 Å². The normalized spacial score (nSPS) is 13.3. The molecule has 8 aromatic carbocycles. The smallest absolute Gasteiger partial charge is 0.200 e. The van der Waals surface area contributed by atoms with E-state index in [1.165, 1.54) is 10.8 Å². The van der Waals surface area contributed by atoms with Crippen molar-refractivity contribution in [1.29, 1.82) is 0 Å². The minimum Gasteiger partial charge on any atom is -0.456 e. The van der Waals surface area contributed by atoms with Crippen LogP contribution in [0, 0.1) is 0 Å². The summed E-state index contributed by atoms with van der Waals surface area (Å²) in [6.45, 7) is 0. The Kier molecular flexibility index (Phi) is 5.07. The number of nitrogens with zero attached hydrogens (tertiary/aromatic N) is 1. The maximum Gasteiger partial charge on any atom is 0.200 e. The summed E-state index contributed by atoms with van der Waals surface area (Å²) in [6.07, 6.45) is 0. The van der Waals surface area contributed by atoms with Crippen LogP contribution in [0.25, 0.3) is 114 Å². The molecule has 12 aromatic rings. The Morgan fingerprint density at radius 1 is 0.472 bits per heavy atom. The standard InChI is InChI=1S/C49H27NO2S/c51-49-38-10-2-4-14-44(38)52-45-20-16-30(26-41(45)49)32-18-22-47-40(25-32)39-24-31(17-21-46(39)53-47)28-7-5-8-29(23-28)33-15-19-35-37-12-6-11-36-34-9-1-3-13-42(34)50(48(36)37)43(35)27-33/h1-27H/i5D,7D,8D,23D. The van der Waals surface area contributed by atoms with Crippen LogP contribution in [0.5, 0.6) is 0 Å². The van der Waals surface area contributed by atoms with Crippen molar-refractivity contribution in [3.8, 4) is 33.4 Å². The number of rotatable bonds is 3. The van der Waals surface area contributed by atoms with Gasteiger partial charge in [-0.1, -0.05) is 97.0 Å². The lowest BCUT2D eigenvalue weighted by Crippen LogP contribution is -2.01. The van der Waals surface area contributed by atoms with Crippen molar-refractivity contribution in [1.82, 2.24) is 4.40 Å². The van der Waals surface area contributed by atoms with Crippen LogP contribution in [-0.4, -0.2) is 4.40 Å². The van der Waals surface area contributed by atoms with Gasteiger partial charge in [-0.2, -0.15) is 0 Å². The molecule has 0 bridgehead atoms. The van der Waals surface area contributed by atoms with Gasteiger partial charge in [-0.3, -0.25) is 4.79 Å². The van der Waals surface area contributed by atoms with Gasteiger partial charge in [0.15, 0.2) is 0 Å². The van der Waals surface area contributed by atoms with E-state index in [9.17, 15) is 6.17 Å². The largest absolute Gasteiger partial charge is 0.456 e. The van der Waals surface area contributed by atoms with Gasteiger partial charge >= 0.3 is 0 Å². The third-order valence-corrected chi connectivity index (χ3v) is 12.0. The summed E-state index contributed by atoms with van der Waals surface area (Å²) in [5.41, 5.74) is 8.08. The van der Waals surface area contributed by atoms with E-state index in [0.717, 1.165) is 58.6 Å². The Morgan fingerprint density at radius 3 is 1.81 bits per heavy atom. The summed E-state index contributed by atoms with van der Waals surface area (Å²) in [5, 5.41) is 7.64. The molecule has 246 valence electrons. The number of hydrogen-bond acceptors (Lipinski definition) is 3. The monoisotopic (exact) mass is 697 g/mol. The Hall–Kier alpha value is -6.75. The van der Waals surface area contributed by atoms with E-state index < -0.39 is 0 Å². The zero-order valence-electron chi connectivity index (χ0n) is 32.0. The quantitative estimate of drug-likeness (QED) is 0.172. The zero-order valence-corrected chi connectivity index (χ0v) is 28.8. The van der Waals surface area contributed by atoms with Gasteiger partial charge in [-0.05, 0) is 100 Å². The van der Waals surface area contributed by atoms with E-state index in [1.807, 2.05) is 66.7 Å². The lowest BCUT2D eigenvalue weighted by Gasteiger charge is -2.08. The van der Waals surface area contributed by atoms with Gasteiger partial charge in [0.2, 0.25) is 5.43 Å². The molecule has 0 unspecified atom stereocenters. The van der Waals surface area contributed by atoms with E-state index in [2.05, 4.69) is 65.1 Å². The van der Waals surface area contributed by atoms with E-state index >= 15 is 0 Å². The predicted molar refractivity (Wildman–Crippen MR) is 224 cm³/mol. The Balaban J connectivity index is 1.02. The average molecular weight is 698 g/mol. The van der Waals surface area contributed by atoms with Crippen molar-refractivity contribution >= 4 is 91.5 Å². The molecular weight excluding hydrogens is 667 g/mol. The molecule has 4 heteroatoms. The Labute approximate surface area is 312 Å². The molecule has 0 saturated heterocycles. The van der Waals surface area contributed by atoms with Crippen LogP contribution >= 0.6 is 11.3 Å². The topological polar surface area (TPSA) is 34.6 Å². The fourth-order valence-corrected chi connectivity index (χ4v) is 9.38. The fourth-order valence-electron chi connectivity index (χ4n) is 8.31. The van der Waals surface area contributed by atoms with Gasteiger partial charge in [0.25, 0.3) is 0 Å². The average Bonchev–Trinajstić information content (AvgIpc) is 3.90. The molecule has 0 spiro atoms. The third kappa shape index (κ3) is 4.12. The maximum atomic E-state index is 13.5. The van der Waals surface area contributed by atoms with Crippen LogP contribution in [0.4, 0.5) is 0 Å². The number of aromatic nitrogens is 1. The lowest BCUT2D eigenvalue weighted by molar-refractivity contribution is 0.660. The van der Waals surface area contributed by atoms with Gasteiger partial charge in [-0.25, -0.2) is 0 Å². The number of benzene rings is 8. The molecule has 0 amide bonds. The third-order valence-electron chi connectivity index (χ3n) is 10.8. The van der Waals surface area contributed by atoms with Crippen molar-refractivity contribution in [2.75, 3.05) is 0 Å². The first-order valence-electron chi connectivity index (χ1n) is 19.5. The second-order valence-corrected chi connectivity index (χ2v) is 14.8. The summed E-state index contributed by atoms with van der Waals surface area (Å²) < 4.78 is 47.2. The SMILES string of the molecule is [2H]c1c([2H])c(-c2ccc3sc4ccc(-c5ccc6oc7ccccc7c(=O)c6c5)cc4c3c2)c([2H])c(-c2ccc3c4cccc5c6ccccc6n(c3c2)c54)c1[2H]. The minimum atomic E-state index is -0.209. The molecule has 0 aliphatic rings. The molecule has 4 aromatic heterocycles. The number of thiophene rings is 1. The summed E-state index contributed by atoms with van der Waals surface area (Å²) in [5.74, 6) is 0. The molecule has 4 heterocycles. The van der Waals surface area contributed by atoms with Gasteiger partial charge in [-0.15, -0.1) is 11.3 Å². The first-order chi connectivity index (χ1) is 27.8. The van der Waals surface area contributed by atoms with Crippen molar-refractivity contribution in [2.24, 2.45) is 0 Å². The van der Waals surface area contributed by atoms with Crippen LogP contribution in [0.15, 0.2) is 173 Å². The fraction of sp³-hybridized carbons (Fsp3) is 0. The highest BCUT2D eigenvalue weighted by Crippen LogP contribution is 2.42. The Morgan fingerprint density at radius 2 is 1.04 bits per heavy atom. The van der Waals surface area contributed by atoms with Gasteiger partial charge in [0.1, 0.15) is 11.2 Å². The number of hydrogen-bond donors (Lipinski definition) is 0. The maximum absolute atomic E-state index is 13.5. The molecule has 0 aliphatic carbocycles. The van der Waals surface area contributed by atoms with Crippen LogP contribution in [0.3, 0.4) is 0 Å². The minimum absolute atomic E-state index is 0.0565. The van der Waals surface area contributed by atoms with Crippen molar-refractivity contribution in [3.05, 3.63) is 174 Å². The highest BCUT2D eigenvalue weighted by atomic mass is 32.1. The molecule has 0 aliphatic heterocycles. The molecule has 3 nitrogen and oxygen atoms in total. The molecule has 0 radical (unpaired) electrons. The first-order valence-corrected chi connectivity index (χ1v) is 18.4. The summed E-state index contributed by atoms with van der Waals surface area (Å²) in [7, 11) is 0. The van der Waals surface area contributed by atoms with Gasteiger partial charge in [0.05, 0.1) is 32.8 Å². The summed E-state index contributed by atoms with van der Waals surface area (Å²) >= 11 is 1.67. The lowest BCUT2D eigenvalue weighted by atomic mass is 9.96. The first kappa shape index (κ1) is 25.2. The molecule has 0 fully saturated rings. The molecule has 0 saturated carbocycles. The summed E-state index contributed by atoms with van der Waals surface area (Å²) in [4.78, 5) is 13.5. The van der Waals surface area contributed by atoms with E-state index in [-0.39, 0.29) is 29.6 Å². The van der Waals surface area contributed by atoms with E-state index in [0.29, 0.717) is 44.2 Å². The van der Waals surface area contributed by atoms with Crippen LogP contribution < -0.4 is 5.43 Å². The molecule has 12 rings (SSSR count). The molecule has 0 N–H and O–H groups in total. The van der Waals surface area contributed by atoms with Gasteiger partial charge in [0, 0.05) is 41.7 Å². The zero-order chi connectivity index (χ0) is 38.3. The molecule has 0 atom stereocenters. The van der Waals surface area contributed by atoms with Crippen LogP contribution in [0.1, 0.15) is 5.48 Å². The van der Waals surface area contributed by atoms with Crippen molar-refractivity contribution < 1.29 is 9.90 Å². The molecular formula is C49H27NO2S. The van der Waals surface area contributed by atoms with Crippen molar-refractivity contribution in [2.45, 2.75) is 0 Å². The van der Waals surface area contributed by atoms with Crippen LogP contribution in [-0.2, 0) is 0 Å². The number of para-hydroxylation sites is 3. The Bertz CT molecular complexity index is 3790.